The van der Waals surface area contributed by atoms with Crippen LogP contribution in [-0.4, -0.2) is 40.2 Å². The number of rotatable bonds is 9. The molecule has 4 heterocycles. The molecule has 0 amide bonds. The Kier molecular flexibility index (Phi) is 6.95. The molecule has 5 rings (SSSR count). The number of hydrogen-bond donors (Lipinski definition) is 1. The van der Waals surface area contributed by atoms with Crippen LogP contribution in [0.3, 0.4) is 0 Å². The summed E-state index contributed by atoms with van der Waals surface area (Å²) < 4.78 is 1.70. The summed E-state index contributed by atoms with van der Waals surface area (Å²) >= 11 is 1.74. The van der Waals surface area contributed by atoms with E-state index >= 15 is 0 Å². The molecular formula is C26H30N8OS. The van der Waals surface area contributed by atoms with Crippen LogP contribution in [0.15, 0.2) is 40.5 Å². The van der Waals surface area contributed by atoms with E-state index in [1.165, 1.54) is 0 Å². The molecule has 1 atom stereocenters. The molecule has 10 heteroatoms. The normalized spacial score (nSPS) is 14.2. The third-order valence-electron chi connectivity index (χ3n) is 6.47. The molecule has 36 heavy (non-hydrogen) atoms. The molecule has 1 aliphatic rings. The van der Waals surface area contributed by atoms with Gasteiger partial charge < -0.3 is 5.32 Å². The number of hydrogen-bond acceptors (Lipinski definition) is 9. The molecule has 0 unspecified atom stereocenters. The summed E-state index contributed by atoms with van der Waals surface area (Å²) in [4.78, 5) is 42.2. The largest absolute Gasteiger partial charge is 0.360 e. The summed E-state index contributed by atoms with van der Waals surface area (Å²) in [6.07, 6.45) is 8.19. The second-order valence-corrected chi connectivity index (χ2v) is 10.4. The van der Waals surface area contributed by atoms with Gasteiger partial charge in [0.15, 0.2) is 17.1 Å². The van der Waals surface area contributed by atoms with E-state index in [9.17, 15) is 4.79 Å². The third-order valence-corrected chi connectivity index (χ3v) is 7.33. The molecule has 0 radical (unpaired) electrons. The Bertz CT molecular complexity index is 1450. The smallest absolute Gasteiger partial charge is 0.295 e. The predicted octanol–water partition coefficient (Wildman–Crippen LogP) is 4.92. The molecule has 1 N–H and O–H groups in total. The van der Waals surface area contributed by atoms with Gasteiger partial charge in [-0.2, -0.15) is 0 Å². The Morgan fingerprint density at radius 1 is 1.11 bits per heavy atom. The van der Waals surface area contributed by atoms with Gasteiger partial charge in [0.1, 0.15) is 6.33 Å². The van der Waals surface area contributed by atoms with Crippen molar-refractivity contribution in [2.75, 3.05) is 11.1 Å². The average Bonchev–Trinajstić information content (AvgIpc) is 3.73. The van der Waals surface area contributed by atoms with Crippen molar-refractivity contribution < 1.29 is 0 Å². The van der Waals surface area contributed by atoms with E-state index in [4.69, 9.17) is 4.98 Å². The van der Waals surface area contributed by atoms with Crippen molar-refractivity contribution in [2.24, 2.45) is 0 Å². The van der Waals surface area contributed by atoms with Crippen molar-refractivity contribution in [1.82, 2.24) is 34.5 Å². The highest BCUT2D eigenvalue weighted by molar-refractivity contribution is 7.99. The molecule has 186 valence electrons. The molecule has 4 aromatic rings. The van der Waals surface area contributed by atoms with Crippen molar-refractivity contribution in [2.45, 2.75) is 70.4 Å². The number of aryl methyl sites for hydroxylation is 1. The highest BCUT2D eigenvalue weighted by Gasteiger charge is 2.30. The van der Waals surface area contributed by atoms with E-state index in [1.807, 2.05) is 39.1 Å². The Balaban J connectivity index is 1.54. The number of nitrogens with zero attached hydrogens (tertiary/aromatic N) is 7. The molecule has 0 aliphatic heterocycles. The van der Waals surface area contributed by atoms with E-state index in [2.05, 4.69) is 37.2 Å². The fourth-order valence-corrected chi connectivity index (χ4v) is 4.85. The maximum Gasteiger partial charge on any atom is 0.295 e. The number of pyridine rings is 1. The van der Waals surface area contributed by atoms with Gasteiger partial charge in [-0.05, 0) is 51.0 Å². The van der Waals surface area contributed by atoms with Crippen molar-refractivity contribution >= 4 is 28.9 Å². The van der Waals surface area contributed by atoms with Crippen molar-refractivity contribution in [3.05, 3.63) is 58.3 Å². The lowest BCUT2D eigenvalue weighted by molar-refractivity contribution is 0.526. The summed E-state index contributed by atoms with van der Waals surface area (Å²) in [7, 11) is 0. The molecule has 1 aliphatic carbocycles. The fraction of sp³-hybridized carbons (Fsp3) is 0.423. The number of anilines is 1. The molecule has 4 aromatic heterocycles. The highest BCUT2D eigenvalue weighted by atomic mass is 32.2. The van der Waals surface area contributed by atoms with Crippen LogP contribution in [0.4, 0.5) is 5.82 Å². The average molecular weight is 503 g/mol. The minimum atomic E-state index is -0.218. The van der Waals surface area contributed by atoms with Crippen LogP contribution in [0.5, 0.6) is 0 Å². The molecule has 0 spiro atoms. The van der Waals surface area contributed by atoms with Crippen LogP contribution in [0.1, 0.15) is 69.1 Å². The monoisotopic (exact) mass is 502 g/mol. The Morgan fingerprint density at radius 3 is 2.64 bits per heavy atom. The van der Waals surface area contributed by atoms with E-state index in [-0.39, 0.29) is 17.4 Å². The van der Waals surface area contributed by atoms with Crippen LogP contribution >= 0.6 is 11.8 Å². The summed E-state index contributed by atoms with van der Waals surface area (Å²) in [6.45, 7) is 8.52. The van der Waals surface area contributed by atoms with Gasteiger partial charge >= 0.3 is 0 Å². The highest BCUT2D eigenvalue weighted by Crippen LogP contribution is 2.43. The maximum atomic E-state index is 13.6. The van der Waals surface area contributed by atoms with E-state index in [1.54, 1.807) is 28.9 Å². The topological polar surface area (TPSA) is 111 Å². The number of thioether (sulfide) groups is 1. The second kappa shape index (κ2) is 10.3. The van der Waals surface area contributed by atoms with E-state index in [0.29, 0.717) is 29.5 Å². The van der Waals surface area contributed by atoms with Gasteiger partial charge in [-0.15, -0.1) is 11.8 Å². The van der Waals surface area contributed by atoms with Crippen LogP contribution in [0.25, 0.3) is 22.6 Å². The van der Waals surface area contributed by atoms with Crippen LogP contribution in [-0.2, 0) is 6.54 Å². The first kappa shape index (κ1) is 24.3. The summed E-state index contributed by atoms with van der Waals surface area (Å²) in [5.74, 6) is 1.68. The predicted molar refractivity (Wildman–Crippen MR) is 142 cm³/mol. The first-order valence-corrected chi connectivity index (χ1v) is 13.4. The quantitative estimate of drug-likeness (QED) is 0.319. The van der Waals surface area contributed by atoms with Gasteiger partial charge in [0, 0.05) is 28.6 Å². The van der Waals surface area contributed by atoms with Crippen LogP contribution in [0, 0.1) is 6.92 Å². The molecule has 0 bridgehead atoms. The minimum absolute atomic E-state index is 0.0763. The lowest BCUT2D eigenvalue weighted by atomic mass is 10.1. The fourth-order valence-electron chi connectivity index (χ4n) is 4.22. The summed E-state index contributed by atoms with van der Waals surface area (Å²) in [5, 5.41) is 3.18. The van der Waals surface area contributed by atoms with Crippen molar-refractivity contribution in [1.29, 1.82) is 0 Å². The van der Waals surface area contributed by atoms with Crippen LogP contribution in [0.2, 0.25) is 0 Å². The maximum absolute atomic E-state index is 13.6. The Hall–Kier alpha value is -3.40. The van der Waals surface area contributed by atoms with E-state index < -0.39 is 0 Å². The lowest BCUT2D eigenvalue weighted by Crippen LogP contribution is -2.28. The van der Waals surface area contributed by atoms with E-state index in [0.717, 1.165) is 52.6 Å². The van der Waals surface area contributed by atoms with Gasteiger partial charge in [-0.3, -0.25) is 14.3 Å². The zero-order chi connectivity index (χ0) is 25.2. The van der Waals surface area contributed by atoms with Crippen molar-refractivity contribution in [3.8, 4) is 11.3 Å². The van der Waals surface area contributed by atoms with Crippen LogP contribution < -0.4 is 10.9 Å². The zero-order valence-electron chi connectivity index (χ0n) is 21.0. The third kappa shape index (κ3) is 4.82. The van der Waals surface area contributed by atoms with Gasteiger partial charge in [0.05, 0.1) is 35.5 Å². The SMILES string of the molecule is CCSc1ccc(CNc2nc3ncc(-c4c(C)ncnc4C4CC4)nc3n([C@@H](C)CC)c2=O)nc1. The number of fused-ring (bicyclic) bond motifs is 1. The standard InChI is InChI=1S/C26H30N8OS/c1-5-15(3)34-25-23(29-13-20(32-25)21-16(4)30-14-31-22(21)17-7-8-17)33-24(26(34)35)28-11-18-9-10-19(12-27-18)36-6-2/h9-10,12-15,17H,5-8,11H2,1-4H3,(H,28,29,33)/t15-/m0/s1. The summed E-state index contributed by atoms with van der Waals surface area (Å²) in [6, 6.07) is 3.93. The number of aromatic nitrogens is 7. The minimum Gasteiger partial charge on any atom is -0.360 e. The van der Waals surface area contributed by atoms with Crippen molar-refractivity contribution in [3.63, 3.8) is 0 Å². The van der Waals surface area contributed by atoms with Gasteiger partial charge in [0.25, 0.3) is 5.56 Å². The van der Waals surface area contributed by atoms with Gasteiger partial charge in [-0.25, -0.2) is 24.9 Å². The summed E-state index contributed by atoms with van der Waals surface area (Å²) in [5.41, 5.74) is 4.97. The molecule has 9 nitrogen and oxygen atoms in total. The zero-order valence-corrected chi connectivity index (χ0v) is 21.8. The lowest BCUT2D eigenvalue weighted by Gasteiger charge is -2.18. The molecular weight excluding hydrogens is 472 g/mol. The Labute approximate surface area is 214 Å². The number of nitrogens with one attached hydrogen (secondary N) is 1. The molecule has 0 saturated heterocycles. The Morgan fingerprint density at radius 2 is 1.94 bits per heavy atom. The molecule has 0 aromatic carbocycles. The first-order valence-electron chi connectivity index (χ1n) is 12.4. The van der Waals surface area contributed by atoms with Gasteiger partial charge in [-0.1, -0.05) is 13.8 Å². The second-order valence-electron chi connectivity index (χ2n) is 9.06. The molecule has 1 fully saturated rings. The first-order chi connectivity index (χ1) is 17.5. The van der Waals surface area contributed by atoms with Gasteiger partial charge in [0.2, 0.25) is 0 Å². The molecule has 1 saturated carbocycles.